The minimum Gasteiger partial charge on any atom is -0.459 e. The Balaban J connectivity index is 1.51. The Labute approximate surface area is 143 Å². The predicted molar refractivity (Wildman–Crippen MR) is 88.2 cm³/mol. The molecule has 3 rings (SSSR count). The summed E-state index contributed by atoms with van der Waals surface area (Å²) in [5.41, 5.74) is 2.40. The first-order chi connectivity index (χ1) is 12.1. The molecule has 3 aromatic rings. The lowest BCUT2D eigenvalue weighted by Crippen LogP contribution is -2.27. The Morgan fingerprint density at radius 3 is 2.84 bits per heavy atom. The number of hydrogen-bond donors (Lipinski definition) is 2. The van der Waals surface area contributed by atoms with Crippen LogP contribution in [0.4, 0.5) is 5.69 Å². The van der Waals surface area contributed by atoms with Gasteiger partial charge < -0.3 is 15.1 Å². The average Bonchev–Trinajstić information content (AvgIpc) is 3.29. The summed E-state index contributed by atoms with van der Waals surface area (Å²) in [6, 6.07) is 8.60. The van der Waals surface area contributed by atoms with E-state index in [1.807, 2.05) is 19.1 Å². The van der Waals surface area contributed by atoms with Crippen LogP contribution in [0.2, 0.25) is 0 Å². The SMILES string of the molecule is Cc1cc(NC(=O)CCNC(=O)c2ccco2)ccc1-n1cnnn1. The quantitative estimate of drug-likeness (QED) is 0.699. The summed E-state index contributed by atoms with van der Waals surface area (Å²) in [6.07, 6.45) is 3.07. The normalized spacial score (nSPS) is 10.4. The first-order valence-electron chi connectivity index (χ1n) is 7.59. The molecule has 0 atom stereocenters. The summed E-state index contributed by atoms with van der Waals surface area (Å²) in [5, 5.41) is 16.4. The summed E-state index contributed by atoms with van der Waals surface area (Å²) in [5.74, 6) is -0.331. The topological polar surface area (TPSA) is 115 Å². The van der Waals surface area contributed by atoms with Crippen molar-refractivity contribution in [2.75, 3.05) is 11.9 Å². The maximum absolute atomic E-state index is 12.0. The zero-order valence-corrected chi connectivity index (χ0v) is 13.5. The molecule has 9 heteroatoms. The lowest BCUT2D eigenvalue weighted by Gasteiger charge is -2.09. The highest BCUT2D eigenvalue weighted by Crippen LogP contribution is 2.17. The van der Waals surface area contributed by atoms with E-state index in [-0.39, 0.29) is 30.5 Å². The second kappa shape index (κ2) is 7.39. The molecule has 0 saturated heterocycles. The summed E-state index contributed by atoms with van der Waals surface area (Å²) in [4.78, 5) is 23.7. The van der Waals surface area contributed by atoms with Gasteiger partial charge >= 0.3 is 0 Å². The molecule has 0 bridgehead atoms. The van der Waals surface area contributed by atoms with Crippen molar-refractivity contribution >= 4 is 17.5 Å². The van der Waals surface area contributed by atoms with Gasteiger partial charge in [0, 0.05) is 18.7 Å². The van der Waals surface area contributed by atoms with Crippen LogP contribution in [0.1, 0.15) is 22.5 Å². The third-order valence-corrected chi connectivity index (χ3v) is 3.46. The molecule has 0 aliphatic rings. The molecule has 2 aromatic heterocycles. The summed E-state index contributed by atoms with van der Waals surface area (Å²) in [6.45, 7) is 2.11. The van der Waals surface area contributed by atoms with Crippen molar-refractivity contribution < 1.29 is 14.0 Å². The Morgan fingerprint density at radius 1 is 1.28 bits per heavy atom. The molecular formula is C16H16N6O3. The van der Waals surface area contributed by atoms with Crippen LogP contribution in [-0.2, 0) is 4.79 Å². The number of aryl methyl sites for hydroxylation is 1. The largest absolute Gasteiger partial charge is 0.459 e. The lowest BCUT2D eigenvalue weighted by molar-refractivity contribution is -0.116. The molecule has 2 N–H and O–H groups in total. The van der Waals surface area contributed by atoms with E-state index in [2.05, 4.69) is 26.2 Å². The van der Waals surface area contributed by atoms with Crippen LogP contribution >= 0.6 is 0 Å². The Hall–Kier alpha value is -3.49. The molecule has 0 spiro atoms. The lowest BCUT2D eigenvalue weighted by atomic mass is 10.1. The van der Waals surface area contributed by atoms with Crippen LogP contribution in [0.15, 0.2) is 47.3 Å². The van der Waals surface area contributed by atoms with Crippen molar-refractivity contribution in [2.24, 2.45) is 0 Å². The molecule has 2 amide bonds. The number of nitrogens with one attached hydrogen (secondary N) is 2. The fourth-order valence-electron chi connectivity index (χ4n) is 2.27. The molecule has 128 valence electrons. The van der Waals surface area contributed by atoms with Crippen molar-refractivity contribution in [1.29, 1.82) is 0 Å². The van der Waals surface area contributed by atoms with Gasteiger partial charge in [0.15, 0.2) is 5.76 Å². The molecule has 0 fully saturated rings. The van der Waals surface area contributed by atoms with Gasteiger partial charge in [-0.15, -0.1) is 5.10 Å². The van der Waals surface area contributed by atoms with Crippen LogP contribution in [-0.4, -0.2) is 38.6 Å². The standard InChI is InChI=1S/C16H16N6O3/c1-11-9-12(4-5-13(11)22-10-18-20-21-22)19-15(23)6-7-17-16(24)14-3-2-8-25-14/h2-5,8-10H,6-7H2,1H3,(H,17,24)(H,19,23). The number of aromatic nitrogens is 4. The first-order valence-corrected chi connectivity index (χ1v) is 7.59. The smallest absolute Gasteiger partial charge is 0.286 e. The van der Waals surface area contributed by atoms with Crippen molar-refractivity contribution in [2.45, 2.75) is 13.3 Å². The number of amides is 2. The molecule has 25 heavy (non-hydrogen) atoms. The minimum absolute atomic E-state index is 0.153. The van der Waals surface area contributed by atoms with E-state index >= 15 is 0 Å². The van der Waals surface area contributed by atoms with Gasteiger partial charge in [-0.2, -0.15) is 0 Å². The van der Waals surface area contributed by atoms with Crippen molar-refractivity contribution in [1.82, 2.24) is 25.5 Å². The third kappa shape index (κ3) is 4.08. The van der Waals surface area contributed by atoms with Gasteiger partial charge in [-0.05, 0) is 53.2 Å². The van der Waals surface area contributed by atoms with Crippen LogP contribution < -0.4 is 10.6 Å². The average molecular weight is 340 g/mol. The van der Waals surface area contributed by atoms with E-state index in [0.29, 0.717) is 5.69 Å². The minimum atomic E-state index is -0.348. The van der Waals surface area contributed by atoms with Gasteiger partial charge in [0.2, 0.25) is 5.91 Å². The van der Waals surface area contributed by atoms with Crippen LogP contribution in [0, 0.1) is 6.92 Å². The van der Waals surface area contributed by atoms with Crippen LogP contribution in [0.5, 0.6) is 0 Å². The molecular weight excluding hydrogens is 324 g/mol. The van der Waals surface area contributed by atoms with Gasteiger partial charge in [0.25, 0.3) is 5.91 Å². The molecule has 0 unspecified atom stereocenters. The highest BCUT2D eigenvalue weighted by molar-refractivity contribution is 5.93. The molecule has 9 nitrogen and oxygen atoms in total. The van der Waals surface area contributed by atoms with Crippen LogP contribution in [0.25, 0.3) is 5.69 Å². The molecule has 0 aliphatic heterocycles. The summed E-state index contributed by atoms with van der Waals surface area (Å²) < 4.78 is 6.52. The Kier molecular flexibility index (Phi) is 4.84. The molecule has 0 aliphatic carbocycles. The van der Waals surface area contributed by atoms with Gasteiger partial charge in [-0.3, -0.25) is 9.59 Å². The molecule has 1 aromatic carbocycles. The number of carbonyl (C=O) groups is 2. The Morgan fingerprint density at radius 2 is 2.16 bits per heavy atom. The van der Waals surface area contributed by atoms with Crippen molar-refractivity contribution in [3.63, 3.8) is 0 Å². The monoisotopic (exact) mass is 340 g/mol. The van der Waals surface area contributed by atoms with E-state index in [4.69, 9.17) is 4.42 Å². The van der Waals surface area contributed by atoms with Gasteiger partial charge in [-0.1, -0.05) is 0 Å². The number of carbonyl (C=O) groups excluding carboxylic acids is 2. The first kappa shape index (κ1) is 16.4. The third-order valence-electron chi connectivity index (χ3n) is 3.46. The maximum Gasteiger partial charge on any atom is 0.286 e. The number of hydrogen-bond acceptors (Lipinski definition) is 6. The second-order valence-electron chi connectivity index (χ2n) is 5.29. The zero-order valence-electron chi connectivity index (χ0n) is 13.5. The van der Waals surface area contributed by atoms with E-state index in [9.17, 15) is 9.59 Å². The molecule has 2 heterocycles. The number of nitrogens with zero attached hydrogens (tertiary/aromatic N) is 4. The van der Waals surface area contributed by atoms with Crippen LogP contribution in [0.3, 0.4) is 0 Å². The number of anilines is 1. The van der Waals surface area contributed by atoms with Gasteiger partial charge in [-0.25, -0.2) is 4.68 Å². The van der Waals surface area contributed by atoms with E-state index in [1.165, 1.54) is 12.6 Å². The molecule has 0 saturated carbocycles. The zero-order chi connectivity index (χ0) is 17.6. The van der Waals surface area contributed by atoms with E-state index in [0.717, 1.165) is 11.3 Å². The highest BCUT2D eigenvalue weighted by Gasteiger charge is 2.10. The predicted octanol–water partition coefficient (Wildman–Crippen LogP) is 1.32. The number of benzene rings is 1. The summed E-state index contributed by atoms with van der Waals surface area (Å²) in [7, 11) is 0. The van der Waals surface area contributed by atoms with Gasteiger partial charge in [0.1, 0.15) is 6.33 Å². The van der Waals surface area contributed by atoms with E-state index < -0.39 is 0 Å². The van der Waals surface area contributed by atoms with Gasteiger partial charge in [0.05, 0.1) is 12.0 Å². The summed E-state index contributed by atoms with van der Waals surface area (Å²) >= 11 is 0. The van der Waals surface area contributed by atoms with Crippen molar-refractivity contribution in [3.05, 3.63) is 54.2 Å². The number of tetrazole rings is 1. The fourth-order valence-corrected chi connectivity index (χ4v) is 2.27. The fraction of sp³-hybridized carbons (Fsp3) is 0.188. The second-order valence-corrected chi connectivity index (χ2v) is 5.29. The Bertz CT molecular complexity index is 858. The van der Waals surface area contributed by atoms with Crippen molar-refractivity contribution in [3.8, 4) is 5.69 Å². The van der Waals surface area contributed by atoms with E-state index in [1.54, 1.807) is 22.9 Å². The molecule has 0 radical (unpaired) electrons. The number of furan rings is 1. The highest BCUT2D eigenvalue weighted by atomic mass is 16.3. The maximum atomic E-state index is 12.0. The number of rotatable bonds is 6.